The first-order valence-corrected chi connectivity index (χ1v) is 8.66. The molecule has 0 saturated carbocycles. The fourth-order valence-corrected chi connectivity index (χ4v) is 2.99. The Kier molecular flexibility index (Phi) is 7.13. The molecule has 0 radical (unpaired) electrons. The lowest BCUT2D eigenvalue weighted by Crippen LogP contribution is -2.23. The Morgan fingerprint density at radius 1 is 0.920 bits per heavy atom. The summed E-state index contributed by atoms with van der Waals surface area (Å²) in [5.74, 6) is 2.10. The Hall–Kier alpha value is -2.21. The van der Waals surface area contributed by atoms with E-state index in [9.17, 15) is 4.79 Å². The highest BCUT2D eigenvalue weighted by Crippen LogP contribution is 2.27. The largest absolute Gasteiger partial charge is 0.496 e. The van der Waals surface area contributed by atoms with E-state index in [1.54, 1.807) is 21.3 Å². The van der Waals surface area contributed by atoms with E-state index in [0.717, 1.165) is 21.3 Å². The average Bonchev–Trinajstić information content (AvgIpc) is 2.64. The molecular weight excluding hydrogens is 386 g/mol. The maximum Gasteiger partial charge on any atom is 0.220 e. The fourth-order valence-electron chi connectivity index (χ4n) is 2.40. The molecule has 0 atom stereocenters. The summed E-state index contributed by atoms with van der Waals surface area (Å²) in [4.78, 5) is 12.1. The summed E-state index contributed by atoms with van der Waals surface area (Å²) in [6, 6.07) is 11.4. The predicted molar refractivity (Wildman–Crippen MR) is 100 cm³/mol. The zero-order valence-corrected chi connectivity index (χ0v) is 16.2. The number of ether oxygens (including phenoxy) is 3. The van der Waals surface area contributed by atoms with Gasteiger partial charge in [-0.1, -0.05) is 12.1 Å². The third kappa shape index (κ3) is 5.39. The number of carbonyl (C=O) groups excluding carboxylic acids is 1. The molecule has 0 unspecified atom stereocenters. The number of carbonyl (C=O) groups is 1. The summed E-state index contributed by atoms with van der Waals surface area (Å²) in [6.07, 6.45) is 1.09. The second kappa shape index (κ2) is 9.32. The van der Waals surface area contributed by atoms with Gasteiger partial charge >= 0.3 is 0 Å². The van der Waals surface area contributed by atoms with Crippen molar-refractivity contribution >= 4 is 21.8 Å². The number of nitrogens with one attached hydrogen (secondary N) is 1. The first kappa shape index (κ1) is 19.1. The predicted octanol–water partition coefficient (Wildman–Crippen LogP) is 3.72. The SMILES string of the molecule is COc1ccc(CCC(=O)NCc2ccc(OC)c(OC)c2)cc1Br. The van der Waals surface area contributed by atoms with E-state index < -0.39 is 0 Å². The van der Waals surface area contributed by atoms with Crippen LogP contribution in [0, 0.1) is 0 Å². The first-order valence-electron chi connectivity index (χ1n) is 7.87. The van der Waals surface area contributed by atoms with Crippen LogP contribution in [-0.2, 0) is 17.8 Å². The van der Waals surface area contributed by atoms with Gasteiger partial charge in [0.25, 0.3) is 0 Å². The zero-order valence-electron chi connectivity index (χ0n) is 14.6. The van der Waals surface area contributed by atoms with Crippen LogP contribution in [0.15, 0.2) is 40.9 Å². The second-order valence-electron chi connectivity index (χ2n) is 5.43. The molecule has 134 valence electrons. The Morgan fingerprint density at radius 3 is 2.20 bits per heavy atom. The Morgan fingerprint density at radius 2 is 1.56 bits per heavy atom. The monoisotopic (exact) mass is 407 g/mol. The molecule has 0 heterocycles. The van der Waals surface area contributed by atoms with E-state index in [1.165, 1.54) is 0 Å². The van der Waals surface area contributed by atoms with Gasteiger partial charge in [0.15, 0.2) is 11.5 Å². The van der Waals surface area contributed by atoms with Crippen molar-refractivity contribution in [2.24, 2.45) is 0 Å². The molecule has 0 aliphatic rings. The van der Waals surface area contributed by atoms with Crippen LogP contribution in [-0.4, -0.2) is 27.2 Å². The summed E-state index contributed by atoms with van der Waals surface area (Å²) >= 11 is 3.45. The van der Waals surface area contributed by atoms with Crippen LogP contribution < -0.4 is 19.5 Å². The van der Waals surface area contributed by atoms with Crippen molar-refractivity contribution in [1.82, 2.24) is 5.32 Å². The smallest absolute Gasteiger partial charge is 0.220 e. The molecule has 1 N–H and O–H groups in total. The van der Waals surface area contributed by atoms with Gasteiger partial charge in [0.2, 0.25) is 5.91 Å². The summed E-state index contributed by atoms with van der Waals surface area (Å²) in [7, 11) is 4.81. The van der Waals surface area contributed by atoms with Crippen LogP contribution in [0.2, 0.25) is 0 Å². The minimum absolute atomic E-state index is 0.00160. The van der Waals surface area contributed by atoms with Gasteiger partial charge in [0, 0.05) is 13.0 Å². The molecule has 0 bridgehead atoms. The van der Waals surface area contributed by atoms with Crippen LogP contribution in [0.25, 0.3) is 0 Å². The van der Waals surface area contributed by atoms with E-state index in [1.807, 2.05) is 36.4 Å². The molecule has 0 spiro atoms. The number of hydrogen-bond donors (Lipinski definition) is 1. The van der Waals surface area contributed by atoms with Crippen molar-refractivity contribution in [1.29, 1.82) is 0 Å². The van der Waals surface area contributed by atoms with Gasteiger partial charge in [-0.25, -0.2) is 0 Å². The molecule has 2 aromatic rings. The summed E-state index contributed by atoms with van der Waals surface area (Å²) < 4.78 is 16.6. The number of amides is 1. The summed E-state index contributed by atoms with van der Waals surface area (Å²) in [5, 5.41) is 2.92. The van der Waals surface area contributed by atoms with Gasteiger partial charge < -0.3 is 19.5 Å². The van der Waals surface area contributed by atoms with Crippen molar-refractivity contribution in [2.45, 2.75) is 19.4 Å². The highest BCUT2D eigenvalue weighted by atomic mass is 79.9. The van der Waals surface area contributed by atoms with Gasteiger partial charge in [-0.05, 0) is 57.7 Å². The van der Waals surface area contributed by atoms with Crippen molar-refractivity contribution in [3.8, 4) is 17.2 Å². The molecule has 0 aliphatic carbocycles. The van der Waals surface area contributed by atoms with Crippen molar-refractivity contribution in [2.75, 3.05) is 21.3 Å². The number of methoxy groups -OCH3 is 3. The highest BCUT2D eigenvalue weighted by molar-refractivity contribution is 9.10. The summed E-state index contributed by atoms with van der Waals surface area (Å²) in [6.45, 7) is 0.450. The van der Waals surface area contributed by atoms with Crippen LogP contribution in [0.5, 0.6) is 17.2 Å². The van der Waals surface area contributed by atoms with Crippen LogP contribution >= 0.6 is 15.9 Å². The molecule has 0 aliphatic heterocycles. The summed E-state index contributed by atoms with van der Waals surface area (Å²) in [5.41, 5.74) is 2.03. The molecule has 5 nitrogen and oxygen atoms in total. The van der Waals surface area contributed by atoms with Crippen LogP contribution in [0.4, 0.5) is 0 Å². The number of benzene rings is 2. The van der Waals surface area contributed by atoms with E-state index >= 15 is 0 Å². The quantitative estimate of drug-likeness (QED) is 0.724. The molecule has 0 saturated heterocycles. The fraction of sp³-hybridized carbons (Fsp3) is 0.316. The zero-order chi connectivity index (χ0) is 18.2. The number of rotatable bonds is 8. The molecular formula is C19H22BrNO4. The van der Waals surface area contributed by atoms with E-state index in [2.05, 4.69) is 21.2 Å². The van der Waals surface area contributed by atoms with E-state index in [4.69, 9.17) is 14.2 Å². The van der Waals surface area contributed by atoms with Gasteiger partial charge in [-0.15, -0.1) is 0 Å². The maximum absolute atomic E-state index is 12.1. The molecule has 25 heavy (non-hydrogen) atoms. The normalized spacial score (nSPS) is 10.2. The standard InChI is InChI=1S/C19H22BrNO4/c1-23-16-7-4-13(10-15(16)20)6-9-19(22)21-12-14-5-8-17(24-2)18(11-14)25-3/h4-5,7-8,10-11H,6,9,12H2,1-3H3,(H,21,22). The van der Waals surface area contributed by atoms with Crippen LogP contribution in [0.3, 0.4) is 0 Å². The van der Waals surface area contributed by atoms with Gasteiger partial charge in [-0.2, -0.15) is 0 Å². The van der Waals surface area contributed by atoms with Gasteiger partial charge in [0.1, 0.15) is 5.75 Å². The molecule has 0 fully saturated rings. The van der Waals surface area contributed by atoms with Gasteiger partial charge in [-0.3, -0.25) is 4.79 Å². The Balaban J connectivity index is 1.85. The van der Waals surface area contributed by atoms with Gasteiger partial charge in [0.05, 0.1) is 25.8 Å². The Bertz CT molecular complexity index is 733. The lowest BCUT2D eigenvalue weighted by molar-refractivity contribution is -0.121. The Labute approximate surface area is 156 Å². The molecule has 6 heteroatoms. The lowest BCUT2D eigenvalue weighted by Gasteiger charge is -2.10. The number of hydrogen-bond acceptors (Lipinski definition) is 4. The molecule has 0 aromatic heterocycles. The minimum Gasteiger partial charge on any atom is -0.496 e. The topological polar surface area (TPSA) is 56.8 Å². The molecule has 2 aromatic carbocycles. The van der Waals surface area contributed by atoms with Crippen LogP contribution in [0.1, 0.15) is 17.5 Å². The first-order chi connectivity index (χ1) is 12.1. The minimum atomic E-state index is 0.00160. The number of halogens is 1. The highest BCUT2D eigenvalue weighted by Gasteiger charge is 2.07. The van der Waals surface area contributed by atoms with E-state index in [-0.39, 0.29) is 5.91 Å². The molecule has 1 amide bonds. The van der Waals surface area contributed by atoms with Crippen molar-refractivity contribution < 1.29 is 19.0 Å². The number of aryl methyl sites for hydroxylation is 1. The maximum atomic E-state index is 12.1. The lowest BCUT2D eigenvalue weighted by atomic mass is 10.1. The third-order valence-corrected chi connectivity index (χ3v) is 4.41. The van der Waals surface area contributed by atoms with E-state index in [0.29, 0.717) is 30.9 Å². The van der Waals surface area contributed by atoms with Crippen molar-refractivity contribution in [3.63, 3.8) is 0 Å². The van der Waals surface area contributed by atoms with Crippen molar-refractivity contribution in [3.05, 3.63) is 52.0 Å². The third-order valence-electron chi connectivity index (χ3n) is 3.79. The second-order valence-corrected chi connectivity index (χ2v) is 6.29. The molecule has 2 rings (SSSR count). The average molecular weight is 408 g/mol.